The van der Waals surface area contributed by atoms with Crippen LogP contribution in [0.4, 0.5) is 5.69 Å². The van der Waals surface area contributed by atoms with Crippen LogP contribution in [0.5, 0.6) is 0 Å². The number of methoxy groups -OCH3 is 1. The van der Waals surface area contributed by atoms with Crippen LogP contribution in [-0.4, -0.2) is 81.7 Å². The molecule has 0 aromatic heterocycles. The first-order valence-corrected chi connectivity index (χ1v) is 12.2. The molecule has 3 aliphatic rings. The van der Waals surface area contributed by atoms with Gasteiger partial charge in [0.05, 0.1) is 17.5 Å². The maximum absolute atomic E-state index is 12.9. The van der Waals surface area contributed by atoms with Gasteiger partial charge in [0.2, 0.25) is 15.9 Å². The molecule has 1 spiro atoms. The summed E-state index contributed by atoms with van der Waals surface area (Å²) in [5.74, 6) is -0.174. The van der Waals surface area contributed by atoms with Gasteiger partial charge in [0.25, 0.3) is 0 Å². The molecule has 0 aliphatic carbocycles. The lowest BCUT2D eigenvalue weighted by Crippen LogP contribution is -2.42. The summed E-state index contributed by atoms with van der Waals surface area (Å²) in [5, 5.41) is 2.85. The van der Waals surface area contributed by atoms with E-state index in [0.29, 0.717) is 31.9 Å². The quantitative estimate of drug-likeness (QED) is 0.729. The number of rotatable bonds is 6. The number of benzene rings is 1. The van der Waals surface area contributed by atoms with E-state index in [1.165, 1.54) is 4.31 Å². The molecule has 8 nitrogen and oxygen atoms in total. The highest BCUT2D eigenvalue weighted by Crippen LogP contribution is 2.36. The van der Waals surface area contributed by atoms with Gasteiger partial charge in [-0.1, -0.05) is 12.5 Å². The number of likely N-dealkylation sites (tertiary alicyclic amines) is 1. The van der Waals surface area contributed by atoms with Crippen LogP contribution in [0.15, 0.2) is 29.2 Å². The van der Waals surface area contributed by atoms with Gasteiger partial charge < -0.3 is 14.8 Å². The normalized spacial score (nSPS) is 28.2. The molecule has 0 bridgehead atoms. The third-order valence-electron chi connectivity index (χ3n) is 6.36. The topological polar surface area (TPSA) is 88.2 Å². The van der Waals surface area contributed by atoms with Crippen molar-refractivity contribution >= 4 is 21.6 Å². The molecule has 1 N–H and O–H groups in total. The Morgan fingerprint density at radius 2 is 2.07 bits per heavy atom. The molecule has 3 saturated heterocycles. The van der Waals surface area contributed by atoms with E-state index in [1.54, 1.807) is 31.4 Å². The molecule has 1 aromatic carbocycles. The van der Waals surface area contributed by atoms with Crippen LogP contribution in [-0.2, 0) is 24.3 Å². The highest BCUT2D eigenvalue weighted by molar-refractivity contribution is 7.89. The number of carbonyl (C=O) groups is 1. The number of sulfonamides is 1. The zero-order valence-electron chi connectivity index (χ0n) is 17.5. The number of anilines is 1. The van der Waals surface area contributed by atoms with E-state index in [4.69, 9.17) is 9.47 Å². The van der Waals surface area contributed by atoms with Crippen molar-refractivity contribution in [1.82, 2.24) is 9.21 Å². The van der Waals surface area contributed by atoms with E-state index < -0.39 is 10.0 Å². The van der Waals surface area contributed by atoms with E-state index in [2.05, 4.69) is 5.32 Å². The van der Waals surface area contributed by atoms with Crippen LogP contribution in [0, 0.1) is 0 Å². The number of hydrogen-bond donors (Lipinski definition) is 1. The monoisotopic (exact) mass is 437 g/mol. The fourth-order valence-electron chi connectivity index (χ4n) is 4.85. The molecular formula is C21H31N3O5S. The van der Waals surface area contributed by atoms with Gasteiger partial charge in [-0.05, 0) is 43.9 Å². The molecular weight excluding hydrogens is 406 g/mol. The van der Waals surface area contributed by atoms with Crippen molar-refractivity contribution in [3.63, 3.8) is 0 Å². The Kier molecular flexibility index (Phi) is 6.45. The van der Waals surface area contributed by atoms with Gasteiger partial charge >= 0.3 is 0 Å². The van der Waals surface area contributed by atoms with Crippen molar-refractivity contribution in [2.45, 2.75) is 48.7 Å². The van der Waals surface area contributed by atoms with Gasteiger partial charge in [-0.25, -0.2) is 8.42 Å². The number of ether oxygens (including phenoxy) is 2. The predicted octanol–water partition coefficient (Wildman–Crippen LogP) is 1.68. The summed E-state index contributed by atoms with van der Waals surface area (Å²) < 4.78 is 38.9. The van der Waals surface area contributed by atoms with Gasteiger partial charge in [0.15, 0.2) is 0 Å². The van der Waals surface area contributed by atoms with E-state index in [1.807, 2.05) is 4.90 Å². The van der Waals surface area contributed by atoms with Crippen LogP contribution in [0.3, 0.4) is 0 Å². The Morgan fingerprint density at radius 1 is 1.27 bits per heavy atom. The average molecular weight is 438 g/mol. The number of nitrogens with zero attached hydrogens (tertiary/aromatic N) is 2. The molecule has 166 valence electrons. The van der Waals surface area contributed by atoms with Crippen LogP contribution < -0.4 is 5.32 Å². The van der Waals surface area contributed by atoms with Crippen molar-refractivity contribution in [3.05, 3.63) is 24.3 Å². The Bertz CT molecular complexity index is 863. The molecule has 2 atom stereocenters. The maximum atomic E-state index is 12.9. The summed E-state index contributed by atoms with van der Waals surface area (Å²) in [6.07, 6.45) is 4.76. The first-order chi connectivity index (χ1) is 14.4. The van der Waals surface area contributed by atoms with Gasteiger partial charge in [-0.3, -0.25) is 9.69 Å². The van der Waals surface area contributed by atoms with Crippen molar-refractivity contribution in [2.24, 2.45) is 0 Å². The van der Waals surface area contributed by atoms with Crippen LogP contribution in [0.25, 0.3) is 0 Å². The molecule has 1 aromatic rings. The summed E-state index contributed by atoms with van der Waals surface area (Å²) in [6, 6.07) is 6.52. The molecule has 1 amide bonds. The number of amides is 1. The summed E-state index contributed by atoms with van der Waals surface area (Å²) in [6.45, 7) is 3.37. The predicted molar refractivity (Wildman–Crippen MR) is 113 cm³/mol. The summed E-state index contributed by atoms with van der Waals surface area (Å²) in [5.41, 5.74) is 0.185. The summed E-state index contributed by atoms with van der Waals surface area (Å²) in [4.78, 5) is 14.9. The Morgan fingerprint density at radius 3 is 2.77 bits per heavy atom. The van der Waals surface area contributed by atoms with E-state index in [0.717, 1.165) is 38.7 Å². The number of carbonyl (C=O) groups excluding carboxylic acids is 1. The Labute approximate surface area is 178 Å². The molecule has 3 aliphatic heterocycles. The van der Waals surface area contributed by atoms with Crippen LogP contribution in [0.2, 0.25) is 0 Å². The van der Waals surface area contributed by atoms with Crippen LogP contribution in [0.1, 0.15) is 32.1 Å². The van der Waals surface area contributed by atoms with Gasteiger partial charge in [0.1, 0.15) is 5.60 Å². The third-order valence-corrected chi connectivity index (χ3v) is 8.25. The highest BCUT2D eigenvalue weighted by Gasteiger charge is 2.50. The number of piperidine rings is 1. The maximum Gasteiger partial charge on any atom is 0.243 e. The molecule has 0 saturated carbocycles. The third kappa shape index (κ3) is 4.40. The van der Waals surface area contributed by atoms with Crippen LogP contribution >= 0.6 is 0 Å². The standard InChI is InChI=1S/C21H31N3O5S/c1-28-19-14-23(16-21(19)9-6-12-29-21)15-20(25)22-17-7-5-8-18(13-17)30(26,27)24-10-3-2-4-11-24/h5,7-8,13,19H,2-4,6,9-12,14-16H2,1H3,(H,22,25)/t19-,21-/m1/s1. The van der Waals surface area contributed by atoms with Crippen molar-refractivity contribution in [3.8, 4) is 0 Å². The number of hydrogen-bond acceptors (Lipinski definition) is 6. The average Bonchev–Trinajstić information content (AvgIpc) is 3.35. The second kappa shape index (κ2) is 8.92. The van der Waals surface area contributed by atoms with Gasteiger partial charge in [-0.2, -0.15) is 4.31 Å². The minimum Gasteiger partial charge on any atom is -0.377 e. The second-order valence-electron chi connectivity index (χ2n) is 8.45. The zero-order valence-corrected chi connectivity index (χ0v) is 18.3. The van der Waals surface area contributed by atoms with Crippen molar-refractivity contribution < 1.29 is 22.7 Å². The lowest BCUT2D eigenvalue weighted by atomic mass is 9.97. The lowest BCUT2D eigenvalue weighted by molar-refractivity contribution is -0.117. The minimum atomic E-state index is -3.53. The number of nitrogens with one attached hydrogen (secondary N) is 1. The first kappa shape index (κ1) is 21.7. The molecule has 9 heteroatoms. The smallest absolute Gasteiger partial charge is 0.243 e. The largest absolute Gasteiger partial charge is 0.377 e. The van der Waals surface area contributed by atoms with Gasteiger partial charge in [-0.15, -0.1) is 0 Å². The SMILES string of the molecule is CO[C@@H]1CN(CC(=O)Nc2cccc(S(=O)(=O)N3CCCCC3)c2)C[C@]12CCCO2. The lowest BCUT2D eigenvalue weighted by Gasteiger charge is -2.28. The highest BCUT2D eigenvalue weighted by atomic mass is 32.2. The van der Waals surface area contributed by atoms with E-state index in [9.17, 15) is 13.2 Å². The molecule has 0 unspecified atom stereocenters. The van der Waals surface area contributed by atoms with Gasteiger partial charge in [0, 0.05) is 45.6 Å². The van der Waals surface area contributed by atoms with Crippen molar-refractivity contribution in [1.29, 1.82) is 0 Å². The fourth-order valence-corrected chi connectivity index (χ4v) is 6.41. The molecule has 3 fully saturated rings. The molecule has 30 heavy (non-hydrogen) atoms. The van der Waals surface area contributed by atoms with E-state index >= 15 is 0 Å². The Hall–Kier alpha value is -1.52. The van der Waals surface area contributed by atoms with E-state index in [-0.39, 0.29) is 29.1 Å². The fraction of sp³-hybridized carbons (Fsp3) is 0.667. The summed E-state index contributed by atoms with van der Waals surface area (Å²) in [7, 11) is -1.84. The second-order valence-corrected chi connectivity index (χ2v) is 10.4. The summed E-state index contributed by atoms with van der Waals surface area (Å²) >= 11 is 0. The molecule has 3 heterocycles. The first-order valence-electron chi connectivity index (χ1n) is 10.7. The minimum absolute atomic E-state index is 0.0363. The Balaban J connectivity index is 1.39. The van der Waals surface area contributed by atoms with Crippen molar-refractivity contribution in [2.75, 3.05) is 51.8 Å². The molecule has 0 radical (unpaired) electrons. The molecule has 4 rings (SSSR count). The zero-order chi connectivity index (χ0) is 21.2.